The number of pyridine rings is 1. The molecule has 7 atom stereocenters. The number of likely N-dealkylation sites (tertiary alicyclic amines) is 1. The maximum Gasteiger partial charge on any atom is 0.416 e. The van der Waals surface area contributed by atoms with Crippen LogP contribution in [0, 0.1) is 11.3 Å². The van der Waals surface area contributed by atoms with E-state index in [4.69, 9.17) is 9.47 Å². The molecule has 4 aliphatic rings. The van der Waals surface area contributed by atoms with E-state index in [0.29, 0.717) is 45.1 Å². The highest BCUT2D eigenvalue weighted by Crippen LogP contribution is 2.60. The van der Waals surface area contributed by atoms with Crippen molar-refractivity contribution in [1.82, 2.24) is 20.1 Å². The molecule has 2 N–H and O–H groups in total. The van der Waals surface area contributed by atoms with Gasteiger partial charge in [0.05, 0.1) is 24.8 Å². The topological polar surface area (TPSA) is 90.4 Å². The van der Waals surface area contributed by atoms with E-state index in [0.717, 1.165) is 37.8 Å². The highest BCUT2D eigenvalue weighted by atomic mass is 19.4. The first-order valence-electron chi connectivity index (χ1n) is 14.4. The highest BCUT2D eigenvalue weighted by Gasteiger charge is 2.66. The molecule has 1 amide bonds. The van der Waals surface area contributed by atoms with E-state index in [-0.39, 0.29) is 41.7 Å². The number of ether oxygens (including phenoxy) is 2. The van der Waals surface area contributed by atoms with Crippen LogP contribution in [0.3, 0.4) is 0 Å². The van der Waals surface area contributed by atoms with Gasteiger partial charge in [-0.3, -0.25) is 4.90 Å². The van der Waals surface area contributed by atoms with Crippen LogP contribution in [0.2, 0.25) is 0 Å². The Bertz CT molecular complexity index is 1070. The summed E-state index contributed by atoms with van der Waals surface area (Å²) in [5.74, 6) is 0.458. The Kier molecular flexibility index (Phi) is 8.01. The molecule has 0 radical (unpaired) electrons. The van der Waals surface area contributed by atoms with Crippen molar-refractivity contribution in [3.63, 3.8) is 0 Å². The van der Waals surface area contributed by atoms with Gasteiger partial charge in [-0.05, 0) is 57.6 Å². The molecule has 1 aromatic rings. The van der Waals surface area contributed by atoms with Crippen LogP contribution in [0.4, 0.5) is 23.8 Å². The van der Waals surface area contributed by atoms with Crippen LogP contribution in [0.25, 0.3) is 0 Å². The molecule has 1 saturated carbocycles. The minimum Gasteiger partial charge on any atom is -0.450 e. The summed E-state index contributed by atoms with van der Waals surface area (Å²) in [6, 6.07) is 2.39. The van der Waals surface area contributed by atoms with Crippen LogP contribution in [0.15, 0.2) is 18.3 Å². The largest absolute Gasteiger partial charge is 0.450 e. The molecule has 40 heavy (non-hydrogen) atoms. The fraction of sp³-hybridized carbons (Fsp3) is 0.786. The lowest BCUT2D eigenvalue weighted by molar-refractivity contribution is -0.149. The quantitative estimate of drug-likeness (QED) is 0.559. The second-order valence-electron chi connectivity index (χ2n) is 12.0. The van der Waals surface area contributed by atoms with Gasteiger partial charge in [-0.2, -0.15) is 13.2 Å². The summed E-state index contributed by atoms with van der Waals surface area (Å²) in [6.07, 6.45) is -0.359. The summed E-state index contributed by atoms with van der Waals surface area (Å²) < 4.78 is 50.9. The second-order valence-corrected chi connectivity index (χ2v) is 12.0. The number of aromatic nitrogens is 1. The van der Waals surface area contributed by atoms with Crippen molar-refractivity contribution in [2.45, 2.75) is 82.6 Å². The van der Waals surface area contributed by atoms with E-state index in [1.807, 2.05) is 11.8 Å². The van der Waals surface area contributed by atoms with E-state index in [2.05, 4.69) is 22.1 Å². The lowest BCUT2D eigenvalue weighted by Gasteiger charge is -2.46. The van der Waals surface area contributed by atoms with Crippen LogP contribution < -0.4 is 10.2 Å². The number of amides is 1. The number of nitrogens with zero attached hydrogens (tertiary/aromatic N) is 4. The number of halogens is 3. The third-order valence-corrected chi connectivity index (χ3v) is 10.2. The molecule has 224 valence electrons. The van der Waals surface area contributed by atoms with Gasteiger partial charge in [0.1, 0.15) is 11.5 Å². The van der Waals surface area contributed by atoms with E-state index in [1.54, 1.807) is 18.9 Å². The first-order chi connectivity index (χ1) is 18.9. The average Bonchev–Trinajstić information content (AvgIpc) is 3.43. The normalized spacial score (nSPS) is 36.8. The minimum absolute atomic E-state index is 0.00150. The first kappa shape index (κ1) is 29.3. The number of carbonyl (C=O) groups is 1. The van der Waals surface area contributed by atoms with Crippen molar-refractivity contribution in [3.8, 4) is 0 Å². The van der Waals surface area contributed by atoms with Crippen molar-refractivity contribution in [3.05, 3.63) is 23.9 Å². The predicted octanol–water partition coefficient (Wildman–Crippen LogP) is 3.32. The van der Waals surface area contributed by atoms with Gasteiger partial charge in [0.25, 0.3) is 0 Å². The van der Waals surface area contributed by atoms with Gasteiger partial charge in [-0.1, -0.05) is 6.92 Å². The summed E-state index contributed by atoms with van der Waals surface area (Å²) in [5, 5.41) is 15.8. The fourth-order valence-electron chi connectivity index (χ4n) is 7.93. The first-order valence-corrected chi connectivity index (χ1v) is 14.4. The molecule has 1 aliphatic carbocycles. The Hall–Kier alpha value is -2.15. The number of fused-ring (bicyclic) bond motifs is 1. The van der Waals surface area contributed by atoms with Gasteiger partial charge in [-0.25, -0.2) is 9.78 Å². The number of anilines is 1. The number of hydrogen-bond donors (Lipinski definition) is 2. The molecule has 1 spiro atoms. The van der Waals surface area contributed by atoms with Crippen molar-refractivity contribution < 1.29 is 32.5 Å². The number of methoxy groups -OCH3 is 1. The third kappa shape index (κ3) is 5.05. The number of piperidine rings is 1. The molecular formula is C28H42F3N5O4. The second kappa shape index (κ2) is 10.9. The summed E-state index contributed by atoms with van der Waals surface area (Å²) in [5.41, 5.74) is -2.08. The average molecular weight is 570 g/mol. The smallest absolute Gasteiger partial charge is 0.416 e. The molecule has 4 heterocycles. The van der Waals surface area contributed by atoms with Crippen LogP contribution in [0.5, 0.6) is 0 Å². The maximum absolute atomic E-state index is 13.3. The molecule has 1 aromatic heterocycles. The lowest BCUT2D eigenvalue weighted by atomic mass is 9.69. The molecule has 0 aromatic carbocycles. The van der Waals surface area contributed by atoms with Crippen LogP contribution in [0.1, 0.15) is 52.0 Å². The zero-order valence-electron chi connectivity index (χ0n) is 23.8. The molecule has 5 unspecified atom stereocenters. The monoisotopic (exact) mass is 569 g/mol. The molecule has 0 bridgehead atoms. The summed E-state index contributed by atoms with van der Waals surface area (Å²) in [7, 11) is 1.66. The summed E-state index contributed by atoms with van der Waals surface area (Å²) in [4.78, 5) is 22.3. The van der Waals surface area contributed by atoms with Gasteiger partial charge >= 0.3 is 12.3 Å². The molecule has 12 heteroatoms. The Morgan fingerprint density at radius 3 is 2.73 bits per heavy atom. The number of piperazine rings is 1. The van der Waals surface area contributed by atoms with Gasteiger partial charge < -0.3 is 29.7 Å². The van der Waals surface area contributed by atoms with Gasteiger partial charge in [-0.15, -0.1) is 0 Å². The van der Waals surface area contributed by atoms with E-state index in [1.165, 1.54) is 6.20 Å². The molecule has 5 rings (SSSR count). The van der Waals surface area contributed by atoms with Crippen molar-refractivity contribution >= 4 is 11.9 Å². The van der Waals surface area contributed by atoms with Crippen molar-refractivity contribution in [1.29, 1.82) is 0 Å². The van der Waals surface area contributed by atoms with E-state index < -0.39 is 17.5 Å². The van der Waals surface area contributed by atoms with Crippen molar-refractivity contribution in [2.75, 3.05) is 51.3 Å². The molecule has 3 aliphatic heterocycles. The van der Waals surface area contributed by atoms with Crippen LogP contribution in [-0.4, -0.2) is 102 Å². The maximum atomic E-state index is 13.3. The summed E-state index contributed by atoms with van der Waals surface area (Å²) >= 11 is 0. The SMILES string of the molecule is CCOC(=O)N1CCC(N[C@@H]2CC[C@]3(C2)C(C)C2CN(c4cc(C(F)(F)F)ccn4)CCN2C3(C)O)C(OC)C1. The zero-order valence-corrected chi connectivity index (χ0v) is 23.8. The Morgan fingerprint density at radius 1 is 1.25 bits per heavy atom. The molecule has 4 fully saturated rings. The number of hydrogen-bond acceptors (Lipinski definition) is 8. The Morgan fingerprint density at radius 2 is 2.02 bits per heavy atom. The van der Waals surface area contributed by atoms with Gasteiger partial charge in [0.15, 0.2) is 0 Å². The van der Waals surface area contributed by atoms with E-state index >= 15 is 0 Å². The molecule has 9 nitrogen and oxygen atoms in total. The highest BCUT2D eigenvalue weighted by molar-refractivity contribution is 5.67. The minimum atomic E-state index is -4.42. The van der Waals surface area contributed by atoms with E-state index in [9.17, 15) is 23.1 Å². The molecule has 3 saturated heterocycles. The zero-order chi connectivity index (χ0) is 28.9. The Balaban J connectivity index is 1.27. The van der Waals surface area contributed by atoms with Crippen molar-refractivity contribution in [2.24, 2.45) is 11.3 Å². The number of alkyl halides is 3. The number of rotatable bonds is 5. The Labute approximate surface area is 234 Å². The summed E-state index contributed by atoms with van der Waals surface area (Å²) in [6.45, 7) is 8.86. The van der Waals surface area contributed by atoms with Gasteiger partial charge in [0, 0.05) is 63.0 Å². The number of carbonyl (C=O) groups excluding carboxylic acids is 1. The standard InChI is InChI=1S/C28H42F3N5O4/c1-5-40-25(37)35-11-8-21(23(17-35)39-4)33-20-6-9-27(15-20)18(2)22-16-34(12-13-36(22)26(27,3)38)24-14-19(7-10-32-24)28(29,30)31/h7,10,14,18,20-23,33,38H,5-6,8-9,11-13,15-17H2,1-4H3/t18?,20-,21?,22?,23?,26?,27+/m1/s1. The third-order valence-electron chi connectivity index (χ3n) is 10.2. The number of aliphatic hydroxyl groups is 1. The fourth-order valence-corrected chi connectivity index (χ4v) is 7.93. The van der Waals surface area contributed by atoms with Crippen LogP contribution >= 0.6 is 0 Å². The van der Waals surface area contributed by atoms with Crippen LogP contribution in [-0.2, 0) is 15.7 Å². The lowest BCUT2D eigenvalue weighted by Crippen LogP contribution is -2.59. The van der Waals surface area contributed by atoms with Gasteiger partial charge in [0.2, 0.25) is 0 Å². The number of nitrogens with one attached hydrogen (secondary N) is 1. The molecular weight excluding hydrogens is 527 g/mol. The predicted molar refractivity (Wildman–Crippen MR) is 143 cm³/mol.